The topological polar surface area (TPSA) is 64.5 Å². The van der Waals surface area contributed by atoms with Gasteiger partial charge in [0, 0.05) is 30.4 Å². The Morgan fingerprint density at radius 3 is 2.65 bits per heavy atom. The zero-order valence-electron chi connectivity index (χ0n) is 11.6. The molecule has 1 aliphatic rings. The van der Waals surface area contributed by atoms with E-state index < -0.39 is 0 Å². The zero-order valence-corrected chi connectivity index (χ0v) is 11.6. The molecule has 20 heavy (non-hydrogen) atoms. The summed E-state index contributed by atoms with van der Waals surface area (Å²) in [6, 6.07) is 7.79. The molecule has 5 heteroatoms. The van der Waals surface area contributed by atoms with Crippen LogP contribution in [0, 0.1) is 0 Å². The van der Waals surface area contributed by atoms with Crippen molar-refractivity contribution in [2.45, 2.75) is 19.3 Å². The molecule has 3 rings (SSSR count). The van der Waals surface area contributed by atoms with E-state index in [4.69, 9.17) is 15.0 Å². The van der Waals surface area contributed by atoms with E-state index in [0.29, 0.717) is 11.6 Å². The summed E-state index contributed by atoms with van der Waals surface area (Å²) in [6.45, 7) is 2.14. The van der Waals surface area contributed by atoms with Crippen LogP contribution in [0.25, 0.3) is 11.3 Å². The van der Waals surface area contributed by atoms with Crippen LogP contribution in [0.15, 0.2) is 28.8 Å². The molecule has 0 aliphatic carbocycles. The van der Waals surface area contributed by atoms with Gasteiger partial charge in [-0.3, -0.25) is 0 Å². The Bertz CT molecular complexity index is 589. The van der Waals surface area contributed by atoms with Crippen LogP contribution in [0.4, 0.5) is 11.5 Å². The Kier molecular flexibility index (Phi) is 3.50. The molecule has 0 saturated carbocycles. The molecule has 5 nitrogen and oxygen atoms in total. The number of nitrogens with two attached hydrogens (primary N) is 1. The van der Waals surface area contributed by atoms with Crippen molar-refractivity contribution in [2.75, 3.05) is 30.8 Å². The summed E-state index contributed by atoms with van der Waals surface area (Å²) >= 11 is 0. The van der Waals surface area contributed by atoms with Crippen molar-refractivity contribution >= 4 is 11.5 Å². The second-order valence-corrected chi connectivity index (χ2v) is 5.05. The molecule has 0 atom stereocenters. The third-order valence-electron chi connectivity index (χ3n) is 3.69. The minimum absolute atomic E-state index is 0.396. The summed E-state index contributed by atoms with van der Waals surface area (Å²) in [7, 11) is 1.66. The number of aromatic nitrogens is 1. The Labute approximate surface area is 118 Å². The highest BCUT2D eigenvalue weighted by Gasteiger charge is 2.18. The van der Waals surface area contributed by atoms with Crippen LogP contribution in [0.3, 0.4) is 0 Å². The van der Waals surface area contributed by atoms with Gasteiger partial charge in [0.1, 0.15) is 5.75 Å². The van der Waals surface area contributed by atoms with Crippen molar-refractivity contribution in [3.05, 3.63) is 24.3 Å². The number of hydrogen-bond donors (Lipinski definition) is 1. The first-order valence-corrected chi connectivity index (χ1v) is 6.93. The standard InChI is InChI=1S/C15H19N3O2/c1-19-11-5-6-13(18-7-3-2-4-8-18)12(9-11)14-10-15(16)17-20-14/h5-6,9-10H,2-4,7-8H2,1H3,(H2,16,17). The van der Waals surface area contributed by atoms with E-state index in [1.165, 1.54) is 19.3 Å². The molecule has 2 aromatic rings. The monoisotopic (exact) mass is 273 g/mol. The maximum Gasteiger partial charge on any atom is 0.171 e. The molecule has 106 valence electrons. The van der Waals surface area contributed by atoms with Crippen LogP contribution < -0.4 is 15.4 Å². The Balaban J connectivity index is 2.03. The molecule has 0 spiro atoms. The number of piperidine rings is 1. The lowest BCUT2D eigenvalue weighted by Crippen LogP contribution is -2.29. The quantitative estimate of drug-likeness (QED) is 0.931. The van der Waals surface area contributed by atoms with Crippen molar-refractivity contribution in [3.63, 3.8) is 0 Å². The average Bonchev–Trinajstić information content (AvgIpc) is 2.94. The minimum atomic E-state index is 0.396. The van der Waals surface area contributed by atoms with Gasteiger partial charge < -0.3 is 19.9 Å². The van der Waals surface area contributed by atoms with Crippen LogP contribution in [-0.4, -0.2) is 25.4 Å². The summed E-state index contributed by atoms with van der Waals surface area (Å²) < 4.78 is 10.6. The van der Waals surface area contributed by atoms with Gasteiger partial charge >= 0.3 is 0 Å². The first-order chi connectivity index (χ1) is 9.78. The second-order valence-electron chi connectivity index (χ2n) is 5.05. The van der Waals surface area contributed by atoms with Crippen molar-refractivity contribution in [1.29, 1.82) is 0 Å². The fourth-order valence-corrected chi connectivity index (χ4v) is 2.67. The third-order valence-corrected chi connectivity index (χ3v) is 3.69. The summed E-state index contributed by atoms with van der Waals surface area (Å²) in [5.41, 5.74) is 7.80. The average molecular weight is 273 g/mol. The first kappa shape index (κ1) is 12.8. The van der Waals surface area contributed by atoms with Crippen molar-refractivity contribution in [1.82, 2.24) is 5.16 Å². The van der Waals surface area contributed by atoms with E-state index in [2.05, 4.69) is 16.1 Å². The summed E-state index contributed by atoms with van der Waals surface area (Å²) in [5, 5.41) is 3.78. The van der Waals surface area contributed by atoms with Gasteiger partial charge in [-0.05, 0) is 37.5 Å². The molecular weight excluding hydrogens is 254 g/mol. The molecular formula is C15H19N3O2. The lowest BCUT2D eigenvalue weighted by molar-refractivity contribution is 0.413. The molecule has 0 bridgehead atoms. The van der Waals surface area contributed by atoms with Gasteiger partial charge in [0.25, 0.3) is 0 Å². The van der Waals surface area contributed by atoms with Crippen molar-refractivity contribution in [3.8, 4) is 17.1 Å². The maximum absolute atomic E-state index is 5.67. The zero-order chi connectivity index (χ0) is 13.9. The Morgan fingerprint density at radius 1 is 1.20 bits per heavy atom. The molecule has 1 aromatic heterocycles. The molecule has 2 N–H and O–H groups in total. The smallest absolute Gasteiger partial charge is 0.171 e. The summed E-state index contributed by atoms with van der Waals surface area (Å²) in [4.78, 5) is 2.39. The summed E-state index contributed by atoms with van der Waals surface area (Å²) in [6.07, 6.45) is 3.76. The molecule has 0 radical (unpaired) electrons. The number of nitrogen functional groups attached to an aromatic ring is 1. The van der Waals surface area contributed by atoms with E-state index in [0.717, 1.165) is 30.1 Å². The molecule has 2 heterocycles. The van der Waals surface area contributed by atoms with Gasteiger partial charge in [-0.2, -0.15) is 0 Å². The van der Waals surface area contributed by atoms with E-state index in [1.54, 1.807) is 13.2 Å². The molecule has 1 aromatic carbocycles. The number of rotatable bonds is 3. The highest BCUT2D eigenvalue weighted by Crippen LogP contribution is 2.36. The van der Waals surface area contributed by atoms with Crippen LogP contribution in [0.1, 0.15) is 19.3 Å². The van der Waals surface area contributed by atoms with E-state index in [1.807, 2.05) is 12.1 Å². The van der Waals surface area contributed by atoms with E-state index in [-0.39, 0.29) is 0 Å². The van der Waals surface area contributed by atoms with E-state index >= 15 is 0 Å². The second kappa shape index (κ2) is 5.45. The Hall–Kier alpha value is -2.17. The molecule has 1 fully saturated rings. The number of nitrogens with zero attached hydrogens (tertiary/aromatic N) is 2. The fraction of sp³-hybridized carbons (Fsp3) is 0.400. The predicted octanol–water partition coefficient (Wildman–Crippen LogP) is 2.92. The number of hydrogen-bond acceptors (Lipinski definition) is 5. The number of benzene rings is 1. The van der Waals surface area contributed by atoms with Gasteiger partial charge in [0.2, 0.25) is 0 Å². The molecule has 0 unspecified atom stereocenters. The lowest BCUT2D eigenvalue weighted by atomic mass is 10.1. The van der Waals surface area contributed by atoms with Gasteiger partial charge in [0.05, 0.1) is 7.11 Å². The molecule has 1 saturated heterocycles. The number of methoxy groups -OCH3 is 1. The van der Waals surface area contributed by atoms with Gasteiger partial charge in [-0.1, -0.05) is 5.16 Å². The molecule has 1 aliphatic heterocycles. The first-order valence-electron chi connectivity index (χ1n) is 6.93. The predicted molar refractivity (Wildman–Crippen MR) is 79.0 cm³/mol. The van der Waals surface area contributed by atoms with Gasteiger partial charge in [-0.15, -0.1) is 0 Å². The van der Waals surface area contributed by atoms with Crippen LogP contribution in [-0.2, 0) is 0 Å². The van der Waals surface area contributed by atoms with Crippen molar-refractivity contribution < 1.29 is 9.26 Å². The number of anilines is 2. The van der Waals surface area contributed by atoms with Gasteiger partial charge in [0.15, 0.2) is 11.6 Å². The number of ether oxygens (including phenoxy) is 1. The fourth-order valence-electron chi connectivity index (χ4n) is 2.67. The van der Waals surface area contributed by atoms with Crippen LogP contribution in [0.2, 0.25) is 0 Å². The van der Waals surface area contributed by atoms with Crippen LogP contribution >= 0.6 is 0 Å². The third kappa shape index (κ3) is 2.43. The van der Waals surface area contributed by atoms with Crippen LogP contribution in [0.5, 0.6) is 5.75 Å². The Morgan fingerprint density at radius 2 is 2.00 bits per heavy atom. The highest BCUT2D eigenvalue weighted by atomic mass is 16.5. The normalized spacial score (nSPS) is 15.3. The summed E-state index contributed by atoms with van der Waals surface area (Å²) in [5.74, 6) is 1.88. The van der Waals surface area contributed by atoms with Gasteiger partial charge in [-0.25, -0.2) is 0 Å². The van der Waals surface area contributed by atoms with Crippen molar-refractivity contribution in [2.24, 2.45) is 0 Å². The molecule has 0 amide bonds. The lowest BCUT2D eigenvalue weighted by Gasteiger charge is -2.30. The highest BCUT2D eigenvalue weighted by molar-refractivity contribution is 5.78. The largest absolute Gasteiger partial charge is 0.497 e. The van der Waals surface area contributed by atoms with E-state index in [9.17, 15) is 0 Å². The minimum Gasteiger partial charge on any atom is -0.497 e. The SMILES string of the molecule is COc1ccc(N2CCCCC2)c(-c2cc(N)no2)c1. The maximum atomic E-state index is 5.67.